The lowest BCUT2D eigenvalue weighted by Crippen LogP contribution is -2.46. The number of methoxy groups -OCH3 is 1. The molecule has 3 atom stereocenters. The molecule has 2 aromatic carbocycles. The maximum Gasteiger partial charge on any atom is 0.310 e. The summed E-state index contributed by atoms with van der Waals surface area (Å²) >= 11 is 0. The first-order valence-electron chi connectivity index (χ1n) is 11.0. The van der Waals surface area contributed by atoms with Crippen molar-refractivity contribution in [2.75, 3.05) is 20.2 Å². The van der Waals surface area contributed by atoms with Crippen LogP contribution in [0.5, 0.6) is 0 Å². The van der Waals surface area contributed by atoms with Crippen molar-refractivity contribution in [3.8, 4) is 11.1 Å². The molecule has 0 bridgehead atoms. The number of nitrogens with one attached hydrogen (secondary N) is 2. The third-order valence-corrected chi connectivity index (χ3v) is 6.17. The standard InChI is InChI=1S/C25H32N4O3/c1-17(22(24(31)32-2)15-18-7-6-14-29(16-18)25(26)27)28-23(30)21-12-10-20(11-13-21)19-8-4-3-5-9-19/h3-5,8-13,17-18,22H,6-7,14-16H2,1-2H3,(H3,26,27)(H,28,30)/t17?,18?,22-/m1/s1. The van der Waals surface area contributed by atoms with Crippen LogP contribution in [0.3, 0.4) is 0 Å². The number of ether oxygens (including phenoxy) is 1. The van der Waals surface area contributed by atoms with Crippen LogP contribution in [0.1, 0.15) is 36.5 Å². The van der Waals surface area contributed by atoms with Crippen molar-refractivity contribution in [3.05, 3.63) is 60.2 Å². The second-order valence-corrected chi connectivity index (χ2v) is 8.41. The van der Waals surface area contributed by atoms with Gasteiger partial charge >= 0.3 is 5.97 Å². The molecule has 32 heavy (non-hydrogen) atoms. The minimum absolute atomic E-state index is 0.0598. The van der Waals surface area contributed by atoms with E-state index < -0.39 is 12.0 Å². The van der Waals surface area contributed by atoms with Crippen LogP contribution in [0, 0.1) is 17.2 Å². The Morgan fingerprint density at radius 2 is 1.81 bits per heavy atom. The van der Waals surface area contributed by atoms with Crippen molar-refractivity contribution in [1.29, 1.82) is 5.41 Å². The molecular weight excluding hydrogens is 404 g/mol. The van der Waals surface area contributed by atoms with Crippen LogP contribution in [0.15, 0.2) is 54.6 Å². The first-order chi connectivity index (χ1) is 15.4. The van der Waals surface area contributed by atoms with E-state index in [1.807, 2.05) is 54.3 Å². The maximum absolute atomic E-state index is 12.8. The minimum Gasteiger partial charge on any atom is -0.469 e. The number of hydrogen-bond donors (Lipinski definition) is 3. The van der Waals surface area contributed by atoms with E-state index in [9.17, 15) is 9.59 Å². The zero-order valence-corrected chi connectivity index (χ0v) is 18.7. The quantitative estimate of drug-likeness (QED) is 0.351. The average Bonchev–Trinajstić information content (AvgIpc) is 2.82. The molecular formula is C25H32N4O3. The van der Waals surface area contributed by atoms with Crippen molar-refractivity contribution >= 4 is 17.8 Å². The lowest BCUT2D eigenvalue weighted by molar-refractivity contribution is -0.147. The molecule has 1 fully saturated rings. The highest BCUT2D eigenvalue weighted by Crippen LogP contribution is 2.26. The number of esters is 1. The highest BCUT2D eigenvalue weighted by molar-refractivity contribution is 5.95. The van der Waals surface area contributed by atoms with Gasteiger partial charge < -0.3 is 20.7 Å². The molecule has 0 saturated carbocycles. The molecule has 1 heterocycles. The molecule has 170 valence electrons. The zero-order valence-electron chi connectivity index (χ0n) is 18.7. The number of carbonyl (C=O) groups is 2. The summed E-state index contributed by atoms with van der Waals surface area (Å²) in [5.41, 5.74) is 8.31. The van der Waals surface area contributed by atoms with Crippen molar-refractivity contribution in [2.24, 2.45) is 17.6 Å². The predicted octanol–water partition coefficient (Wildman–Crippen LogP) is 3.26. The third-order valence-electron chi connectivity index (χ3n) is 6.17. The Kier molecular flexibility index (Phi) is 7.87. The van der Waals surface area contributed by atoms with E-state index in [4.69, 9.17) is 15.9 Å². The smallest absolute Gasteiger partial charge is 0.310 e. The summed E-state index contributed by atoms with van der Waals surface area (Å²) in [6, 6.07) is 17.0. The fourth-order valence-electron chi connectivity index (χ4n) is 4.33. The minimum atomic E-state index is -0.468. The van der Waals surface area contributed by atoms with E-state index in [1.165, 1.54) is 7.11 Å². The van der Waals surface area contributed by atoms with Crippen molar-refractivity contribution in [2.45, 2.75) is 32.2 Å². The average molecular weight is 437 g/mol. The van der Waals surface area contributed by atoms with E-state index in [0.717, 1.165) is 30.5 Å². The highest BCUT2D eigenvalue weighted by Gasteiger charge is 2.32. The van der Waals surface area contributed by atoms with E-state index in [-0.39, 0.29) is 23.8 Å². The third kappa shape index (κ3) is 5.87. The van der Waals surface area contributed by atoms with Crippen LogP contribution in [0.4, 0.5) is 0 Å². The van der Waals surface area contributed by atoms with Crippen molar-refractivity contribution < 1.29 is 14.3 Å². The van der Waals surface area contributed by atoms with Gasteiger partial charge in [0, 0.05) is 24.7 Å². The summed E-state index contributed by atoms with van der Waals surface area (Å²) in [7, 11) is 1.37. The SMILES string of the molecule is COC(=O)[C@H](CC1CCCN(C(=N)N)C1)C(C)NC(=O)c1ccc(-c2ccccc2)cc1. The number of guanidine groups is 1. The number of hydrogen-bond acceptors (Lipinski definition) is 4. The first-order valence-corrected chi connectivity index (χ1v) is 11.0. The summed E-state index contributed by atoms with van der Waals surface area (Å²) in [5, 5.41) is 10.7. The van der Waals surface area contributed by atoms with Crippen molar-refractivity contribution in [1.82, 2.24) is 10.2 Å². The van der Waals surface area contributed by atoms with Gasteiger partial charge in [-0.25, -0.2) is 0 Å². The number of likely N-dealkylation sites (tertiary alicyclic amines) is 1. The van der Waals surface area contributed by atoms with Gasteiger partial charge in [0.1, 0.15) is 0 Å². The number of amides is 1. The number of nitrogens with zero attached hydrogens (tertiary/aromatic N) is 1. The fourth-order valence-corrected chi connectivity index (χ4v) is 4.33. The lowest BCUT2D eigenvalue weighted by atomic mass is 9.85. The number of rotatable bonds is 7. The van der Waals surface area contributed by atoms with Crippen LogP contribution >= 0.6 is 0 Å². The van der Waals surface area contributed by atoms with Gasteiger partial charge in [0.05, 0.1) is 13.0 Å². The second kappa shape index (κ2) is 10.8. The second-order valence-electron chi connectivity index (χ2n) is 8.41. The Labute approximate surface area is 189 Å². The molecule has 3 rings (SSSR count). The van der Waals surface area contributed by atoms with Gasteiger partial charge in [-0.3, -0.25) is 15.0 Å². The largest absolute Gasteiger partial charge is 0.469 e. The summed E-state index contributed by atoms with van der Waals surface area (Å²) in [6.45, 7) is 3.24. The Balaban J connectivity index is 1.65. The number of nitrogens with two attached hydrogens (primary N) is 1. The Morgan fingerprint density at radius 3 is 2.44 bits per heavy atom. The molecule has 2 unspecified atom stereocenters. The fraction of sp³-hybridized carbons (Fsp3) is 0.400. The molecule has 7 nitrogen and oxygen atoms in total. The first kappa shape index (κ1) is 23.3. The van der Waals surface area contributed by atoms with Crippen molar-refractivity contribution in [3.63, 3.8) is 0 Å². The molecule has 7 heteroatoms. The van der Waals surface area contributed by atoms with E-state index in [0.29, 0.717) is 18.5 Å². The summed E-state index contributed by atoms with van der Waals surface area (Å²) in [6.07, 6.45) is 2.45. The summed E-state index contributed by atoms with van der Waals surface area (Å²) < 4.78 is 5.03. The van der Waals surface area contributed by atoms with E-state index >= 15 is 0 Å². The molecule has 4 N–H and O–H groups in total. The van der Waals surface area contributed by atoms with Crippen LogP contribution < -0.4 is 11.1 Å². The lowest BCUT2D eigenvalue weighted by Gasteiger charge is -2.35. The summed E-state index contributed by atoms with van der Waals surface area (Å²) in [4.78, 5) is 27.2. The number of carbonyl (C=O) groups excluding carboxylic acids is 2. The van der Waals surface area contributed by atoms with E-state index in [1.54, 1.807) is 12.1 Å². The van der Waals surface area contributed by atoms with Gasteiger partial charge in [0.15, 0.2) is 5.96 Å². The number of piperidine rings is 1. The Bertz CT molecular complexity index is 930. The predicted molar refractivity (Wildman–Crippen MR) is 125 cm³/mol. The van der Waals surface area contributed by atoms with Gasteiger partial charge in [0.2, 0.25) is 0 Å². The topological polar surface area (TPSA) is 109 Å². The molecule has 1 amide bonds. The monoisotopic (exact) mass is 436 g/mol. The number of benzene rings is 2. The molecule has 0 radical (unpaired) electrons. The highest BCUT2D eigenvalue weighted by atomic mass is 16.5. The van der Waals surface area contributed by atoms with Crippen LogP contribution in [0.25, 0.3) is 11.1 Å². The molecule has 1 aliphatic heterocycles. The zero-order chi connectivity index (χ0) is 23.1. The Morgan fingerprint density at radius 1 is 1.16 bits per heavy atom. The van der Waals surface area contributed by atoms with Gasteiger partial charge in [-0.1, -0.05) is 42.5 Å². The van der Waals surface area contributed by atoms with Gasteiger partial charge in [-0.2, -0.15) is 0 Å². The maximum atomic E-state index is 12.8. The van der Waals surface area contributed by atoms with Gasteiger partial charge in [0.25, 0.3) is 5.91 Å². The van der Waals surface area contributed by atoms with Gasteiger partial charge in [-0.05, 0) is 55.4 Å². The molecule has 0 aliphatic carbocycles. The molecule has 2 aromatic rings. The molecule has 1 aliphatic rings. The normalized spacial score (nSPS) is 17.8. The molecule has 0 aromatic heterocycles. The van der Waals surface area contributed by atoms with Crippen LogP contribution in [0.2, 0.25) is 0 Å². The van der Waals surface area contributed by atoms with E-state index in [2.05, 4.69) is 5.32 Å². The summed E-state index contributed by atoms with van der Waals surface area (Å²) in [5.74, 6) is -0.757. The molecule has 0 spiro atoms. The van der Waals surface area contributed by atoms with Crippen LogP contribution in [-0.2, 0) is 9.53 Å². The van der Waals surface area contributed by atoms with Crippen LogP contribution in [-0.4, -0.2) is 49.0 Å². The Hall–Kier alpha value is -3.35. The molecule has 1 saturated heterocycles. The van der Waals surface area contributed by atoms with Gasteiger partial charge in [-0.15, -0.1) is 0 Å².